The van der Waals surface area contributed by atoms with Gasteiger partial charge in [-0.15, -0.1) is 0 Å². The summed E-state index contributed by atoms with van der Waals surface area (Å²) in [7, 11) is 0. The fourth-order valence-electron chi connectivity index (χ4n) is 2.61. The molecule has 0 saturated carbocycles. The third kappa shape index (κ3) is 9.91. The molecule has 1 fully saturated rings. The van der Waals surface area contributed by atoms with Gasteiger partial charge in [-0.05, 0) is 19.4 Å². The Kier molecular flexibility index (Phi) is 9.72. The second kappa shape index (κ2) is 11.2. The Hall–Kier alpha value is -0.610. The molecule has 4 nitrogen and oxygen atoms in total. The zero-order chi connectivity index (χ0) is 13.8. The van der Waals surface area contributed by atoms with Crippen LogP contribution >= 0.6 is 0 Å². The number of carboxylic acid groups (broad SMARTS) is 1. The average molecular weight is 270 g/mol. The second-order valence-corrected chi connectivity index (χ2v) is 5.56. The van der Waals surface area contributed by atoms with Gasteiger partial charge < -0.3 is 15.3 Å². The Morgan fingerprint density at radius 1 is 0.895 bits per heavy atom. The first kappa shape index (κ1) is 16.4. The Morgan fingerprint density at radius 2 is 1.42 bits per heavy atom. The molecule has 0 aliphatic carbocycles. The maximum Gasteiger partial charge on any atom is 0.303 e. The molecule has 1 heterocycles. The van der Waals surface area contributed by atoms with Crippen LogP contribution in [0.25, 0.3) is 0 Å². The number of carbonyl (C=O) groups is 1. The normalized spacial score (nSPS) is 16.6. The molecule has 0 atom stereocenters. The Labute approximate surface area is 117 Å². The first-order valence-corrected chi connectivity index (χ1v) is 7.94. The van der Waals surface area contributed by atoms with E-state index >= 15 is 0 Å². The summed E-state index contributed by atoms with van der Waals surface area (Å²) in [4.78, 5) is 12.9. The highest BCUT2D eigenvalue weighted by atomic mass is 16.4. The lowest BCUT2D eigenvalue weighted by atomic mass is 10.1. The molecule has 0 radical (unpaired) electrons. The van der Waals surface area contributed by atoms with Crippen molar-refractivity contribution in [3.05, 3.63) is 0 Å². The molecule has 112 valence electrons. The van der Waals surface area contributed by atoms with E-state index in [-0.39, 0.29) is 0 Å². The van der Waals surface area contributed by atoms with Gasteiger partial charge in [0.1, 0.15) is 0 Å². The van der Waals surface area contributed by atoms with Crippen LogP contribution in [0.1, 0.15) is 57.8 Å². The quantitative estimate of drug-likeness (QED) is 0.566. The first-order valence-electron chi connectivity index (χ1n) is 7.94. The van der Waals surface area contributed by atoms with Crippen molar-refractivity contribution in [3.8, 4) is 0 Å². The minimum Gasteiger partial charge on any atom is -0.481 e. The van der Waals surface area contributed by atoms with Crippen molar-refractivity contribution >= 4 is 5.97 Å². The van der Waals surface area contributed by atoms with Crippen molar-refractivity contribution in [1.82, 2.24) is 10.2 Å². The van der Waals surface area contributed by atoms with Crippen LogP contribution in [0, 0.1) is 0 Å². The van der Waals surface area contributed by atoms with Gasteiger partial charge in [-0.1, -0.05) is 38.5 Å². The van der Waals surface area contributed by atoms with E-state index in [4.69, 9.17) is 5.11 Å². The smallest absolute Gasteiger partial charge is 0.303 e. The standard InChI is InChI=1S/C15H30N2O2/c18-15(19)9-7-5-3-1-2-4-6-8-12-17-13-10-16-11-14-17/h16H,1-14H2,(H,18,19). The van der Waals surface area contributed by atoms with Crippen LogP contribution in [0.3, 0.4) is 0 Å². The number of hydrogen-bond acceptors (Lipinski definition) is 3. The Balaban J connectivity index is 1.74. The molecule has 0 bridgehead atoms. The molecular formula is C15H30N2O2. The van der Waals surface area contributed by atoms with Gasteiger partial charge in [0.25, 0.3) is 0 Å². The summed E-state index contributed by atoms with van der Waals surface area (Å²) in [5.41, 5.74) is 0. The largest absolute Gasteiger partial charge is 0.481 e. The van der Waals surface area contributed by atoms with Gasteiger partial charge in [-0.25, -0.2) is 0 Å². The van der Waals surface area contributed by atoms with Crippen molar-refractivity contribution in [1.29, 1.82) is 0 Å². The minimum atomic E-state index is -0.659. The van der Waals surface area contributed by atoms with Crippen molar-refractivity contribution in [2.75, 3.05) is 32.7 Å². The van der Waals surface area contributed by atoms with E-state index in [1.54, 1.807) is 0 Å². The predicted octanol–water partition coefficient (Wildman–Crippen LogP) is 2.49. The van der Waals surface area contributed by atoms with E-state index in [9.17, 15) is 4.79 Å². The van der Waals surface area contributed by atoms with Gasteiger partial charge >= 0.3 is 5.97 Å². The summed E-state index contributed by atoms with van der Waals surface area (Å²) in [5.74, 6) is -0.659. The van der Waals surface area contributed by atoms with E-state index in [1.165, 1.54) is 58.2 Å². The molecule has 0 aromatic heterocycles. The molecule has 1 aliphatic rings. The van der Waals surface area contributed by atoms with Gasteiger partial charge in [-0.2, -0.15) is 0 Å². The van der Waals surface area contributed by atoms with Crippen LogP contribution in [0.15, 0.2) is 0 Å². The van der Waals surface area contributed by atoms with E-state index < -0.39 is 5.97 Å². The number of carboxylic acids is 1. The third-order valence-corrected chi connectivity index (χ3v) is 3.82. The minimum absolute atomic E-state index is 0.338. The topological polar surface area (TPSA) is 52.6 Å². The molecule has 1 saturated heterocycles. The average Bonchev–Trinajstić information content (AvgIpc) is 2.42. The number of unbranched alkanes of at least 4 members (excludes halogenated alkanes) is 7. The summed E-state index contributed by atoms with van der Waals surface area (Å²) >= 11 is 0. The number of piperazine rings is 1. The van der Waals surface area contributed by atoms with Gasteiger partial charge in [0.2, 0.25) is 0 Å². The van der Waals surface area contributed by atoms with Crippen LogP contribution in [0.5, 0.6) is 0 Å². The zero-order valence-corrected chi connectivity index (χ0v) is 12.2. The molecule has 0 aromatic rings. The van der Waals surface area contributed by atoms with E-state index in [0.29, 0.717) is 6.42 Å². The molecule has 0 amide bonds. The molecule has 0 spiro atoms. The highest BCUT2D eigenvalue weighted by molar-refractivity contribution is 5.66. The van der Waals surface area contributed by atoms with Gasteiger partial charge in [0.05, 0.1) is 0 Å². The molecule has 0 unspecified atom stereocenters. The highest BCUT2D eigenvalue weighted by Gasteiger charge is 2.07. The van der Waals surface area contributed by atoms with Gasteiger partial charge in [0.15, 0.2) is 0 Å². The van der Waals surface area contributed by atoms with E-state index in [1.807, 2.05) is 0 Å². The van der Waals surface area contributed by atoms with Gasteiger partial charge in [-0.3, -0.25) is 4.79 Å². The summed E-state index contributed by atoms with van der Waals surface area (Å²) in [6.45, 7) is 5.99. The lowest BCUT2D eigenvalue weighted by molar-refractivity contribution is -0.137. The van der Waals surface area contributed by atoms with Crippen molar-refractivity contribution in [2.45, 2.75) is 57.8 Å². The van der Waals surface area contributed by atoms with Crippen LogP contribution in [0.4, 0.5) is 0 Å². The van der Waals surface area contributed by atoms with Gasteiger partial charge in [0, 0.05) is 32.6 Å². The molecule has 2 N–H and O–H groups in total. The Bertz CT molecular complexity index is 228. The maximum atomic E-state index is 10.3. The van der Waals surface area contributed by atoms with E-state index in [2.05, 4.69) is 10.2 Å². The fraction of sp³-hybridized carbons (Fsp3) is 0.933. The first-order chi connectivity index (χ1) is 9.29. The summed E-state index contributed by atoms with van der Waals surface area (Å²) in [5, 5.41) is 11.9. The Morgan fingerprint density at radius 3 is 2.00 bits per heavy atom. The summed E-state index contributed by atoms with van der Waals surface area (Å²) < 4.78 is 0. The van der Waals surface area contributed by atoms with Crippen molar-refractivity contribution in [3.63, 3.8) is 0 Å². The monoisotopic (exact) mass is 270 g/mol. The SMILES string of the molecule is O=C(O)CCCCCCCCCCN1CCNCC1. The lowest BCUT2D eigenvalue weighted by Gasteiger charge is -2.27. The predicted molar refractivity (Wildman–Crippen MR) is 78.5 cm³/mol. The van der Waals surface area contributed by atoms with Crippen LogP contribution in [-0.2, 0) is 4.79 Å². The summed E-state index contributed by atoms with van der Waals surface area (Å²) in [6, 6.07) is 0. The van der Waals surface area contributed by atoms with Crippen molar-refractivity contribution in [2.24, 2.45) is 0 Å². The van der Waals surface area contributed by atoms with Crippen molar-refractivity contribution < 1.29 is 9.90 Å². The van der Waals surface area contributed by atoms with Crippen LogP contribution < -0.4 is 5.32 Å². The highest BCUT2D eigenvalue weighted by Crippen LogP contribution is 2.10. The fourth-order valence-corrected chi connectivity index (χ4v) is 2.61. The summed E-state index contributed by atoms with van der Waals surface area (Å²) in [6.07, 6.45) is 10.1. The van der Waals surface area contributed by atoms with Crippen LogP contribution in [0.2, 0.25) is 0 Å². The number of rotatable bonds is 11. The molecule has 1 rings (SSSR count). The maximum absolute atomic E-state index is 10.3. The van der Waals surface area contributed by atoms with Crippen LogP contribution in [-0.4, -0.2) is 48.7 Å². The number of nitrogens with zero attached hydrogens (tertiary/aromatic N) is 1. The molecule has 4 heteroatoms. The number of hydrogen-bond donors (Lipinski definition) is 2. The second-order valence-electron chi connectivity index (χ2n) is 5.56. The molecular weight excluding hydrogens is 240 g/mol. The lowest BCUT2D eigenvalue weighted by Crippen LogP contribution is -2.43. The third-order valence-electron chi connectivity index (χ3n) is 3.82. The molecule has 0 aromatic carbocycles. The van der Waals surface area contributed by atoms with E-state index in [0.717, 1.165) is 25.9 Å². The zero-order valence-electron chi connectivity index (χ0n) is 12.2. The molecule has 1 aliphatic heterocycles. The number of aliphatic carboxylic acids is 1. The molecule has 19 heavy (non-hydrogen) atoms. The number of nitrogens with one attached hydrogen (secondary N) is 1.